The third kappa shape index (κ3) is 2.34. The molecule has 0 atom stereocenters. The van der Waals surface area contributed by atoms with Gasteiger partial charge in [0, 0.05) is 11.1 Å². The number of carbonyl (C=O) groups is 1. The first-order valence-corrected chi connectivity index (χ1v) is 5.32. The maximum Gasteiger partial charge on any atom is 0.328 e. The van der Waals surface area contributed by atoms with E-state index in [1.54, 1.807) is 12.1 Å². The van der Waals surface area contributed by atoms with Crippen LogP contribution in [0, 0.1) is 0 Å². The maximum atomic E-state index is 10.3. The minimum absolute atomic E-state index is 0.626. The molecule has 0 unspecified atom stereocenters. The molecular formula is C10H6ClNO2S. The number of carboxylic acids is 1. The first-order chi connectivity index (χ1) is 7.15. The van der Waals surface area contributed by atoms with Crippen molar-refractivity contribution in [1.82, 2.24) is 4.98 Å². The van der Waals surface area contributed by atoms with Gasteiger partial charge in [0.1, 0.15) is 5.01 Å². The zero-order chi connectivity index (χ0) is 10.8. The summed E-state index contributed by atoms with van der Waals surface area (Å²) in [6.45, 7) is 0. The lowest BCUT2D eigenvalue weighted by molar-refractivity contribution is -0.131. The van der Waals surface area contributed by atoms with Gasteiger partial charge in [0.05, 0.1) is 10.2 Å². The summed E-state index contributed by atoms with van der Waals surface area (Å²) in [5, 5.41) is 9.75. The highest BCUT2D eigenvalue weighted by molar-refractivity contribution is 7.19. The van der Waals surface area contributed by atoms with E-state index in [0.717, 1.165) is 16.3 Å². The molecule has 76 valence electrons. The van der Waals surface area contributed by atoms with Gasteiger partial charge >= 0.3 is 5.97 Å². The average molecular weight is 240 g/mol. The van der Waals surface area contributed by atoms with Gasteiger partial charge < -0.3 is 5.11 Å². The number of aromatic nitrogens is 1. The van der Waals surface area contributed by atoms with Crippen molar-refractivity contribution in [2.45, 2.75) is 0 Å². The van der Waals surface area contributed by atoms with E-state index >= 15 is 0 Å². The van der Waals surface area contributed by atoms with Crippen LogP contribution in [0.3, 0.4) is 0 Å². The van der Waals surface area contributed by atoms with E-state index in [1.807, 2.05) is 6.07 Å². The van der Waals surface area contributed by atoms with E-state index < -0.39 is 5.97 Å². The molecule has 15 heavy (non-hydrogen) atoms. The van der Waals surface area contributed by atoms with Crippen molar-refractivity contribution in [2.24, 2.45) is 0 Å². The molecule has 0 aliphatic carbocycles. The van der Waals surface area contributed by atoms with Gasteiger partial charge in [-0.1, -0.05) is 11.6 Å². The van der Waals surface area contributed by atoms with E-state index in [0.29, 0.717) is 10.0 Å². The van der Waals surface area contributed by atoms with Gasteiger partial charge in [0.2, 0.25) is 0 Å². The Bertz CT molecular complexity index is 547. The predicted octanol–water partition coefficient (Wildman–Crippen LogP) is 3.05. The smallest absolute Gasteiger partial charge is 0.328 e. The molecule has 0 spiro atoms. The van der Waals surface area contributed by atoms with Crippen LogP contribution < -0.4 is 0 Å². The summed E-state index contributed by atoms with van der Waals surface area (Å²) in [5.74, 6) is -0.979. The van der Waals surface area contributed by atoms with Gasteiger partial charge in [0.15, 0.2) is 0 Å². The number of aliphatic carboxylic acids is 1. The van der Waals surface area contributed by atoms with Crippen molar-refractivity contribution in [3.63, 3.8) is 0 Å². The van der Waals surface area contributed by atoms with Gasteiger partial charge in [0.25, 0.3) is 0 Å². The molecule has 1 aromatic heterocycles. The van der Waals surface area contributed by atoms with Gasteiger partial charge in [-0.2, -0.15) is 0 Å². The van der Waals surface area contributed by atoms with Crippen molar-refractivity contribution in [1.29, 1.82) is 0 Å². The quantitative estimate of drug-likeness (QED) is 0.820. The van der Waals surface area contributed by atoms with E-state index in [-0.39, 0.29) is 0 Å². The first-order valence-electron chi connectivity index (χ1n) is 4.12. The lowest BCUT2D eigenvalue weighted by Gasteiger charge is -1.86. The average Bonchev–Trinajstić information content (AvgIpc) is 2.56. The second kappa shape index (κ2) is 4.00. The molecule has 0 radical (unpaired) electrons. The summed E-state index contributed by atoms with van der Waals surface area (Å²) in [6.07, 6.45) is 2.54. The van der Waals surface area contributed by atoms with Crippen LogP contribution in [0.4, 0.5) is 0 Å². The predicted molar refractivity (Wildman–Crippen MR) is 61.3 cm³/mol. The van der Waals surface area contributed by atoms with Gasteiger partial charge in [-0.25, -0.2) is 9.78 Å². The molecule has 1 heterocycles. The van der Waals surface area contributed by atoms with Crippen molar-refractivity contribution in [3.8, 4) is 0 Å². The summed E-state index contributed by atoms with van der Waals surface area (Å²) in [6, 6.07) is 5.41. The second-order valence-electron chi connectivity index (χ2n) is 2.84. The Morgan fingerprint density at radius 3 is 3.07 bits per heavy atom. The molecule has 0 aliphatic heterocycles. The van der Waals surface area contributed by atoms with E-state index in [1.165, 1.54) is 17.4 Å². The number of fused-ring (bicyclic) bond motifs is 1. The number of halogens is 1. The highest BCUT2D eigenvalue weighted by atomic mass is 35.5. The fourth-order valence-corrected chi connectivity index (χ4v) is 2.15. The van der Waals surface area contributed by atoms with Crippen LogP contribution in [0.5, 0.6) is 0 Å². The van der Waals surface area contributed by atoms with Crippen LogP contribution in [0.1, 0.15) is 5.01 Å². The van der Waals surface area contributed by atoms with E-state index in [2.05, 4.69) is 4.98 Å². The Hall–Kier alpha value is -1.39. The molecule has 0 aliphatic rings. The molecule has 2 rings (SSSR count). The summed E-state index contributed by atoms with van der Waals surface area (Å²) in [7, 11) is 0. The maximum absolute atomic E-state index is 10.3. The van der Waals surface area contributed by atoms with Gasteiger partial charge in [-0.15, -0.1) is 11.3 Å². The number of benzene rings is 1. The number of hydrogen-bond acceptors (Lipinski definition) is 3. The monoisotopic (exact) mass is 239 g/mol. The third-order valence-electron chi connectivity index (χ3n) is 1.73. The highest BCUT2D eigenvalue weighted by Crippen LogP contribution is 2.25. The number of thiazole rings is 1. The lowest BCUT2D eigenvalue weighted by Crippen LogP contribution is -1.84. The van der Waals surface area contributed by atoms with Crippen LogP contribution in [0.15, 0.2) is 24.3 Å². The second-order valence-corrected chi connectivity index (χ2v) is 4.33. The molecule has 5 heteroatoms. The Kier molecular flexibility index (Phi) is 2.70. The Balaban J connectivity index is 2.43. The van der Waals surface area contributed by atoms with Crippen LogP contribution in [0.25, 0.3) is 16.3 Å². The highest BCUT2D eigenvalue weighted by Gasteiger charge is 2.01. The zero-order valence-electron chi connectivity index (χ0n) is 7.48. The summed E-state index contributed by atoms with van der Waals surface area (Å²) in [5.41, 5.74) is 0.789. The van der Waals surface area contributed by atoms with E-state index in [9.17, 15) is 4.79 Å². The molecule has 0 fully saturated rings. The number of nitrogens with zero attached hydrogens (tertiary/aromatic N) is 1. The summed E-state index contributed by atoms with van der Waals surface area (Å²) >= 11 is 7.24. The molecule has 1 N–H and O–H groups in total. The van der Waals surface area contributed by atoms with Gasteiger partial charge in [-0.05, 0) is 24.3 Å². The molecule has 0 saturated carbocycles. The first kappa shape index (κ1) is 10.1. The standard InChI is InChI=1S/C10H6ClNO2S/c11-6-1-2-8-7(5-6)12-9(15-8)3-4-10(13)14/h1-5H,(H,13,14). The normalized spacial score (nSPS) is 11.3. The number of rotatable bonds is 2. The molecule has 0 amide bonds. The number of hydrogen-bond donors (Lipinski definition) is 1. The van der Waals surface area contributed by atoms with Crippen LogP contribution in [-0.4, -0.2) is 16.1 Å². The molecular weight excluding hydrogens is 234 g/mol. The fraction of sp³-hybridized carbons (Fsp3) is 0. The van der Waals surface area contributed by atoms with Gasteiger partial charge in [-0.3, -0.25) is 0 Å². The largest absolute Gasteiger partial charge is 0.478 e. The Labute approximate surface area is 94.6 Å². The van der Waals surface area contributed by atoms with Crippen molar-refractivity contribution in [3.05, 3.63) is 34.3 Å². The van der Waals surface area contributed by atoms with Crippen molar-refractivity contribution >= 4 is 45.2 Å². The molecule has 3 nitrogen and oxygen atoms in total. The molecule has 2 aromatic rings. The molecule has 0 saturated heterocycles. The minimum Gasteiger partial charge on any atom is -0.478 e. The third-order valence-corrected chi connectivity index (χ3v) is 2.97. The van der Waals surface area contributed by atoms with E-state index in [4.69, 9.17) is 16.7 Å². The number of carboxylic acid groups (broad SMARTS) is 1. The van der Waals surface area contributed by atoms with Crippen molar-refractivity contribution in [2.75, 3.05) is 0 Å². The summed E-state index contributed by atoms with van der Waals surface area (Å²) in [4.78, 5) is 14.5. The SMILES string of the molecule is O=C(O)C=Cc1nc2cc(Cl)ccc2s1. The molecule has 0 bridgehead atoms. The van der Waals surface area contributed by atoms with Crippen LogP contribution in [-0.2, 0) is 4.79 Å². The minimum atomic E-state index is -0.979. The lowest BCUT2D eigenvalue weighted by atomic mass is 10.3. The Morgan fingerprint density at radius 2 is 2.33 bits per heavy atom. The Morgan fingerprint density at radius 1 is 1.53 bits per heavy atom. The zero-order valence-corrected chi connectivity index (χ0v) is 9.05. The fourth-order valence-electron chi connectivity index (χ4n) is 1.13. The van der Waals surface area contributed by atoms with Crippen molar-refractivity contribution < 1.29 is 9.90 Å². The van der Waals surface area contributed by atoms with Crippen LogP contribution in [0.2, 0.25) is 5.02 Å². The summed E-state index contributed by atoms with van der Waals surface area (Å²) < 4.78 is 0.990. The molecule has 1 aromatic carbocycles. The van der Waals surface area contributed by atoms with Crippen LogP contribution >= 0.6 is 22.9 Å². The topological polar surface area (TPSA) is 50.2 Å².